The molecule has 2 aliphatic rings. The first-order chi connectivity index (χ1) is 12.0. The van der Waals surface area contributed by atoms with E-state index in [0.717, 1.165) is 49.0 Å². The molecule has 0 fully saturated rings. The third-order valence-electron chi connectivity index (χ3n) is 5.28. The smallest absolute Gasteiger partial charge is 0.150 e. The molecule has 4 rings (SSSR count). The van der Waals surface area contributed by atoms with Crippen LogP contribution < -0.4 is 4.90 Å². The fourth-order valence-corrected chi connectivity index (χ4v) is 5.39. The Labute approximate surface area is 154 Å². The lowest BCUT2D eigenvalue weighted by molar-refractivity contribution is 0.603. The third-order valence-corrected chi connectivity index (χ3v) is 7.00. The summed E-state index contributed by atoms with van der Waals surface area (Å²) in [6.45, 7) is 4.18. The van der Waals surface area contributed by atoms with Gasteiger partial charge in [0.1, 0.15) is 16.7 Å². The zero-order chi connectivity index (χ0) is 17.7. The molecule has 1 aliphatic heterocycles. The van der Waals surface area contributed by atoms with Crippen molar-refractivity contribution in [2.45, 2.75) is 56.9 Å². The minimum absolute atomic E-state index is 0.241. The molecule has 0 radical (unpaired) electrons. The molecule has 0 bridgehead atoms. The summed E-state index contributed by atoms with van der Waals surface area (Å²) in [5.41, 5.74) is 3.17. The van der Waals surface area contributed by atoms with E-state index in [1.807, 2.05) is 0 Å². The van der Waals surface area contributed by atoms with Crippen LogP contribution in [0.5, 0.6) is 0 Å². The van der Waals surface area contributed by atoms with Gasteiger partial charge in [0.2, 0.25) is 0 Å². The van der Waals surface area contributed by atoms with Crippen LogP contribution in [0, 0.1) is 5.82 Å². The van der Waals surface area contributed by atoms with E-state index in [1.54, 1.807) is 6.07 Å². The molecule has 4 nitrogen and oxygen atoms in total. The number of hydrogen-bond acceptors (Lipinski definition) is 3. The quantitative estimate of drug-likeness (QED) is 0.798. The predicted molar refractivity (Wildman–Crippen MR) is 98.7 cm³/mol. The van der Waals surface area contributed by atoms with E-state index in [1.165, 1.54) is 10.7 Å². The van der Waals surface area contributed by atoms with E-state index in [9.17, 15) is 8.60 Å². The Kier molecular flexibility index (Phi) is 4.36. The molecule has 0 amide bonds. The van der Waals surface area contributed by atoms with Crippen molar-refractivity contribution in [1.29, 1.82) is 0 Å². The number of fused-ring (bicyclic) bond motifs is 2. The summed E-state index contributed by atoms with van der Waals surface area (Å²) in [5.74, 6) is -0.0174. The van der Waals surface area contributed by atoms with Gasteiger partial charge in [0.15, 0.2) is 0 Å². The van der Waals surface area contributed by atoms with Crippen molar-refractivity contribution in [1.82, 2.24) is 9.78 Å². The molecule has 1 aromatic carbocycles. The second-order valence-corrected chi connectivity index (χ2v) is 8.56. The standard InChI is InChI=1S/C18H21ClFN3OS/c1-3-11(2)22-10-25(24)17-8-13(20)15(9-16(17)22)23-18(19)12-6-4-5-7-14(12)21-23/h8-9,11H,3-7,10H2,1-2H3. The molecular formula is C18H21ClFN3OS. The number of aromatic nitrogens is 2. The van der Waals surface area contributed by atoms with Crippen LogP contribution in [0.4, 0.5) is 10.1 Å². The van der Waals surface area contributed by atoms with Crippen molar-refractivity contribution in [3.05, 3.63) is 34.4 Å². The number of hydrogen-bond donors (Lipinski definition) is 0. The summed E-state index contributed by atoms with van der Waals surface area (Å²) in [4.78, 5) is 2.65. The van der Waals surface area contributed by atoms with Gasteiger partial charge in [-0.15, -0.1) is 0 Å². The zero-order valence-electron chi connectivity index (χ0n) is 14.4. The first-order valence-corrected chi connectivity index (χ1v) is 10.5. The van der Waals surface area contributed by atoms with Gasteiger partial charge in [0.25, 0.3) is 0 Å². The van der Waals surface area contributed by atoms with E-state index in [2.05, 4.69) is 23.8 Å². The van der Waals surface area contributed by atoms with Gasteiger partial charge in [-0.1, -0.05) is 18.5 Å². The lowest BCUT2D eigenvalue weighted by Gasteiger charge is -2.25. The number of benzene rings is 1. The van der Waals surface area contributed by atoms with E-state index in [-0.39, 0.29) is 6.04 Å². The summed E-state index contributed by atoms with van der Waals surface area (Å²) in [5, 5.41) is 5.07. The monoisotopic (exact) mass is 381 g/mol. The van der Waals surface area contributed by atoms with Crippen LogP contribution in [0.15, 0.2) is 17.0 Å². The summed E-state index contributed by atoms with van der Waals surface area (Å²) >= 11 is 6.51. The van der Waals surface area contributed by atoms with Crippen LogP contribution in [-0.2, 0) is 23.6 Å². The number of rotatable bonds is 3. The largest absolute Gasteiger partial charge is 0.356 e. The lowest BCUT2D eigenvalue weighted by atomic mass is 9.99. The summed E-state index contributed by atoms with van der Waals surface area (Å²) in [6, 6.07) is 3.39. The molecule has 2 aromatic rings. The molecule has 1 aromatic heterocycles. The molecule has 2 heterocycles. The fraction of sp³-hybridized carbons (Fsp3) is 0.500. The SMILES string of the molecule is CCC(C)N1CS(=O)c2cc(F)c(-n3nc4c(c3Cl)CCCC4)cc21. The molecule has 1 aliphatic carbocycles. The minimum Gasteiger partial charge on any atom is -0.356 e. The molecule has 2 atom stereocenters. The minimum atomic E-state index is -1.20. The molecular weight excluding hydrogens is 361 g/mol. The normalized spacial score (nSPS) is 20.5. The number of halogens is 2. The molecule has 0 saturated heterocycles. The highest BCUT2D eigenvalue weighted by Gasteiger charge is 2.31. The highest BCUT2D eigenvalue weighted by atomic mass is 35.5. The Morgan fingerprint density at radius 2 is 2.08 bits per heavy atom. The summed E-state index contributed by atoms with van der Waals surface area (Å²) < 4.78 is 28.7. The Hall–Kier alpha value is -1.40. The molecule has 134 valence electrons. The van der Waals surface area contributed by atoms with Crippen LogP contribution in [-0.4, -0.2) is 25.9 Å². The van der Waals surface area contributed by atoms with Gasteiger partial charge < -0.3 is 4.90 Å². The fourth-order valence-electron chi connectivity index (χ4n) is 3.63. The predicted octanol–water partition coefficient (Wildman–Crippen LogP) is 4.23. The third kappa shape index (κ3) is 2.70. The second-order valence-electron chi connectivity index (χ2n) is 6.81. The Morgan fingerprint density at radius 3 is 2.80 bits per heavy atom. The topological polar surface area (TPSA) is 38.1 Å². The second kappa shape index (κ2) is 6.40. The van der Waals surface area contributed by atoms with Crippen molar-refractivity contribution >= 4 is 28.1 Å². The first-order valence-electron chi connectivity index (χ1n) is 8.76. The van der Waals surface area contributed by atoms with Gasteiger partial charge in [-0.25, -0.2) is 9.07 Å². The van der Waals surface area contributed by atoms with Crippen LogP contribution in [0.1, 0.15) is 44.4 Å². The average Bonchev–Trinajstić information content (AvgIpc) is 3.12. The number of nitrogens with zero attached hydrogens (tertiary/aromatic N) is 3. The van der Waals surface area contributed by atoms with Crippen LogP contribution in [0.25, 0.3) is 5.69 Å². The van der Waals surface area contributed by atoms with Crippen LogP contribution >= 0.6 is 11.6 Å². The van der Waals surface area contributed by atoms with Crippen molar-refractivity contribution in [3.8, 4) is 5.69 Å². The maximum absolute atomic E-state index is 14.8. The van der Waals surface area contributed by atoms with E-state index in [0.29, 0.717) is 21.6 Å². The Balaban J connectivity index is 1.85. The van der Waals surface area contributed by atoms with Gasteiger partial charge in [0, 0.05) is 11.6 Å². The van der Waals surface area contributed by atoms with E-state index < -0.39 is 16.6 Å². The van der Waals surface area contributed by atoms with Crippen LogP contribution in [0.2, 0.25) is 5.15 Å². The molecule has 0 saturated carbocycles. The Morgan fingerprint density at radius 1 is 1.32 bits per heavy atom. The molecule has 25 heavy (non-hydrogen) atoms. The molecule has 7 heteroatoms. The van der Waals surface area contributed by atoms with Crippen molar-refractivity contribution in [2.75, 3.05) is 10.8 Å². The van der Waals surface area contributed by atoms with E-state index in [4.69, 9.17) is 11.6 Å². The number of anilines is 1. The van der Waals surface area contributed by atoms with Crippen molar-refractivity contribution in [2.24, 2.45) is 0 Å². The highest BCUT2D eigenvalue weighted by Crippen LogP contribution is 2.38. The first kappa shape index (κ1) is 17.0. The van der Waals surface area contributed by atoms with Gasteiger partial charge in [-0.2, -0.15) is 5.10 Å². The van der Waals surface area contributed by atoms with Gasteiger partial charge in [-0.3, -0.25) is 4.21 Å². The zero-order valence-corrected chi connectivity index (χ0v) is 16.0. The van der Waals surface area contributed by atoms with Crippen LogP contribution in [0.3, 0.4) is 0 Å². The maximum Gasteiger partial charge on any atom is 0.150 e. The highest BCUT2D eigenvalue weighted by molar-refractivity contribution is 7.85. The lowest BCUT2D eigenvalue weighted by Crippen LogP contribution is -2.31. The van der Waals surface area contributed by atoms with Gasteiger partial charge >= 0.3 is 0 Å². The molecule has 2 unspecified atom stereocenters. The average molecular weight is 382 g/mol. The molecule has 0 N–H and O–H groups in total. The summed E-state index contributed by atoms with van der Waals surface area (Å²) in [7, 11) is -1.20. The molecule has 0 spiro atoms. The van der Waals surface area contributed by atoms with Crippen molar-refractivity contribution < 1.29 is 8.60 Å². The van der Waals surface area contributed by atoms with Gasteiger partial charge in [-0.05, 0) is 51.2 Å². The maximum atomic E-state index is 14.8. The number of aryl methyl sites for hydroxylation is 1. The Bertz CT molecular complexity index is 866. The summed E-state index contributed by atoms with van der Waals surface area (Å²) in [6.07, 6.45) is 4.89. The van der Waals surface area contributed by atoms with Crippen molar-refractivity contribution in [3.63, 3.8) is 0 Å². The van der Waals surface area contributed by atoms with Gasteiger partial charge in [0.05, 0.1) is 33.0 Å². The van der Waals surface area contributed by atoms with E-state index >= 15 is 0 Å².